The molecule has 8 nitrogen and oxygen atoms in total. The number of benzene rings is 1. The number of hydrogen-bond donors (Lipinski definition) is 1. The monoisotopic (exact) mass is 620 g/mol. The summed E-state index contributed by atoms with van der Waals surface area (Å²) in [5.74, 6) is -7.12. The number of nitriles is 1. The smallest absolute Gasteiger partial charge is 0.414 e. The molecule has 1 amide bonds. The lowest BCUT2D eigenvalue weighted by molar-refractivity contribution is -0.312. The van der Waals surface area contributed by atoms with Gasteiger partial charge in [0.2, 0.25) is 5.90 Å². The lowest BCUT2D eigenvalue weighted by atomic mass is 10.0. The van der Waals surface area contributed by atoms with E-state index in [4.69, 9.17) is 16.9 Å². The summed E-state index contributed by atoms with van der Waals surface area (Å²) in [6, 6.07) is 3.79. The van der Waals surface area contributed by atoms with Crippen LogP contribution in [0.5, 0.6) is 0 Å². The van der Waals surface area contributed by atoms with Crippen molar-refractivity contribution in [3.8, 4) is 17.2 Å². The van der Waals surface area contributed by atoms with Crippen LogP contribution in [0.1, 0.15) is 29.4 Å². The lowest BCUT2D eigenvalue weighted by Crippen LogP contribution is -2.47. The van der Waals surface area contributed by atoms with Gasteiger partial charge in [0.1, 0.15) is 11.4 Å². The molecule has 1 aromatic carbocycles. The van der Waals surface area contributed by atoms with E-state index < -0.39 is 70.5 Å². The van der Waals surface area contributed by atoms with Crippen molar-refractivity contribution in [1.29, 1.82) is 5.26 Å². The third-order valence-corrected chi connectivity index (χ3v) is 6.56. The number of nitrogens with zero attached hydrogens (tertiary/aromatic N) is 5. The van der Waals surface area contributed by atoms with Crippen LogP contribution in [0.25, 0.3) is 11.1 Å². The van der Waals surface area contributed by atoms with E-state index in [0.29, 0.717) is 22.5 Å². The molecule has 1 aliphatic carbocycles. The van der Waals surface area contributed by atoms with Gasteiger partial charge in [-0.1, -0.05) is 11.6 Å². The summed E-state index contributed by atoms with van der Waals surface area (Å²) < 4.78 is 139. The van der Waals surface area contributed by atoms with Gasteiger partial charge in [0.15, 0.2) is 12.1 Å². The molecular formula is C22H15ClF10N6O2. The Kier molecular flexibility index (Phi) is 7.34. The number of halogens is 11. The highest BCUT2D eigenvalue weighted by molar-refractivity contribution is 6.34. The Labute approximate surface area is 228 Å². The van der Waals surface area contributed by atoms with Crippen LogP contribution < -0.4 is 5.32 Å². The SMILES string of the molecule is CN1N=C(OC(F)(F)C(F)C(F)(F)F)C(C(F)(F)F)C1n1cc(-c2cc(F)c(Cl)c(C(=O)NC3(C#N)CC3)c2)cn1. The van der Waals surface area contributed by atoms with E-state index in [9.17, 15) is 48.7 Å². The summed E-state index contributed by atoms with van der Waals surface area (Å²) in [6.07, 6.45) is -22.0. The lowest BCUT2D eigenvalue weighted by Gasteiger charge is -2.28. The molecule has 0 bridgehead atoms. The number of alkyl halides is 9. The predicted octanol–water partition coefficient (Wildman–Crippen LogP) is 5.57. The van der Waals surface area contributed by atoms with Crippen molar-refractivity contribution < 1.29 is 53.4 Å². The average molecular weight is 621 g/mol. The molecule has 0 spiro atoms. The molecule has 1 aromatic heterocycles. The van der Waals surface area contributed by atoms with E-state index in [0.717, 1.165) is 31.6 Å². The topological polar surface area (TPSA) is 95.5 Å². The van der Waals surface area contributed by atoms with Gasteiger partial charge < -0.3 is 10.1 Å². The molecule has 41 heavy (non-hydrogen) atoms. The van der Waals surface area contributed by atoms with E-state index in [1.807, 2.05) is 6.07 Å². The van der Waals surface area contributed by atoms with E-state index >= 15 is 0 Å². The van der Waals surface area contributed by atoms with Crippen LogP contribution in [-0.4, -0.2) is 63.8 Å². The zero-order valence-electron chi connectivity index (χ0n) is 20.2. The number of nitrogens with one attached hydrogen (secondary N) is 1. The van der Waals surface area contributed by atoms with Gasteiger partial charge >= 0.3 is 18.5 Å². The largest absolute Gasteiger partial charge is 0.440 e. The number of ether oxygens (including phenoxy) is 1. The van der Waals surface area contributed by atoms with Gasteiger partial charge in [-0.25, -0.2) is 13.5 Å². The number of amides is 1. The van der Waals surface area contributed by atoms with E-state index in [1.165, 1.54) is 0 Å². The Bertz CT molecular complexity index is 1430. The third-order valence-electron chi connectivity index (χ3n) is 6.17. The summed E-state index contributed by atoms with van der Waals surface area (Å²) in [7, 11) is 0.837. The summed E-state index contributed by atoms with van der Waals surface area (Å²) in [6.45, 7) is 0. The standard InChI is InChI=1S/C22H15ClF10N6O2/c1-38-17(13(20(26,27)28)16(37-38)41-22(32,33)18(25)21(29,30)31)39-7-10(6-35-39)9-4-11(14(23)12(24)5-9)15(40)36-19(8-34)2-3-19/h4-7,13,17-18H,2-3H2,1H3,(H,36,40). The van der Waals surface area contributed by atoms with Gasteiger partial charge in [0.05, 0.1) is 22.9 Å². The fourth-order valence-electron chi connectivity index (χ4n) is 3.95. The maximum Gasteiger partial charge on any atom is 0.440 e. The van der Waals surface area contributed by atoms with Crippen LogP contribution in [0.2, 0.25) is 5.02 Å². The quantitative estimate of drug-likeness (QED) is 0.426. The molecule has 3 unspecified atom stereocenters. The fourth-order valence-corrected chi connectivity index (χ4v) is 4.14. The van der Waals surface area contributed by atoms with E-state index in [1.54, 1.807) is 0 Å². The fraction of sp³-hybridized carbons (Fsp3) is 0.455. The van der Waals surface area contributed by atoms with Crippen LogP contribution in [0.15, 0.2) is 29.6 Å². The second kappa shape index (κ2) is 9.96. The number of hydrogen-bond acceptors (Lipinski definition) is 6. The van der Waals surface area contributed by atoms with Gasteiger partial charge in [-0.2, -0.15) is 45.5 Å². The Hall–Kier alpha value is -3.75. The van der Waals surface area contributed by atoms with Gasteiger partial charge in [-0.15, -0.1) is 5.10 Å². The molecule has 1 fully saturated rings. The van der Waals surface area contributed by atoms with Gasteiger partial charge in [-0.05, 0) is 30.5 Å². The molecule has 2 heterocycles. The summed E-state index contributed by atoms with van der Waals surface area (Å²) in [5.41, 5.74) is -1.78. The van der Waals surface area contributed by atoms with Crippen LogP contribution in [-0.2, 0) is 4.74 Å². The van der Waals surface area contributed by atoms with Crippen molar-refractivity contribution in [2.24, 2.45) is 11.0 Å². The maximum absolute atomic E-state index is 14.6. The number of hydrazone groups is 1. The third kappa shape index (κ3) is 5.85. The predicted molar refractivity (Wildman–Crippen MR) is 118 cm³/mol. The summed E-state index contributed by atoms with van der Waals surface area (Å²) in [5, 5.41) is 18.2. The average Bonchev–Trinajstić information content (AvgIpc) is 3.30. The molecule has 2 aliphatic rings. The van der Waals surface area contributed by atoms with Crippen molar-refractivity contribution in [1.82, 2.24) is 20.1 Å². The van der Waals surface area contributed by atoms with E-state index in [2.05, 4.69) is 20.3 Å². The number of carbonyl (C=O) groups excluding carboxylic acids is 1. The molecule has 1 saturated carbocycles. The first kappa shape index (κ1) is 30.2. The van der Waals surface area contributed by atoms with Crippen molar-refractivity contribution >= 4 is 23.4 Å². The van der Waals surface area contributed by atoms with Crippen LogP contribution in [0.3, 0.4) is 0 Å². The van der Waals surface area contributed by atoms with Crippen molar-refractivity contribution in [3.63, 3.8) is 0 Å². The Balaban J connectivity index is 1.65. The minimum absolute atomic E-state index is 0.106. The second-order valence-electron chi connectivity index (χ2n) is 9.19. The molecule has 19 heteroatoms. The van der Waals surface area contributed by atoms with Crippen molar-refractivity contribution in [2.45, 2.75) is 49.2 Å². The number of aromatic nitrogens is 2. The molecule has 2 aromatic rings. The Morgan fingerprint density at radius 1 is 1.20 bits per heavy atom. The summed E-state index contributed by atoms with van der Waals surface area (Å²) in [4.78, 5) is 12.6. The zero-order valence-corrected chi connectivity index (χ0v) is 20.9. The van der Waals surface area contributed by atoms with Crippen molar-refractivity contribution in [3.05, 3.63) is 40.9 Å². The maximum atomic E-state index is 14.6. The second-order valence-corrected chi connectivity index (χ2v) is 9.57. The van der Waals surface area contributed by atoms with Crippen LogP contribution in [0.4, 0.5) is 43.9 Å². The molecule has 3 atom stereocenters. The Morgan fingerprint density at radius 2 is 1.83 bits per heavy atom. The van der Waals surface area contributed by atoms with Crippen molar-refractivity contribution in [2.75, 3.05) is 7.05 Å². The van der Waals surface area contributed by atoms with E-state index in [-0.39, 0.29) is 11.1 Å². The highest BCUT2D eigenvalue weighted by Crippen LogP contribution is 2.45. The first-order valence-electron chi connectivity index (χ1n) is 11.2. The zero-order chi connectivity index (χ0) is 30.7. The Morgan fingerprint density at radius 3 is 2.37 bits per heavy atom. The molecular weight excluding hydrogens is 606 g/mol. The van der Waals surface area contributed by atoms with Gasteiger partial charge in [-0.3, -0.25) is 9.80 Å². The molecule has 1 N–H and O–H groups in total. The molecule has 0 radical (unpaired) electrons. The molecule has 4 rings (SSSR count). The minimum atomic E-state index is -6.16. The highest BCUT2D eigenvalue weighted by Gasteiger charge is 2.63. The first-order chi connectivity index (χ1) is 18.8. The molecule has 0 saturated heterocycles. The van der Waals surface area contributed by atoms with Crippen LogP contribution >= 0.6 is 11.6 Å². The molecule has 222 valence electrons. The molecule has 1 aliphatic heterocycles. The number of carbonyl (C=O) groups is 1. The van der Waals surface area contributed by atoms with Crippen LogP contribution in [0, 0.1) is 23.1 Å². The summed E-state index contributed by atoms with van der Waals surface area (Å²) >= 11 is 5.90. The number of rotatable bonds is 6. The normalized spacial score (nSPS) is 21.2. The van der Waals surface area contributed by atoms with Gasteiger partial charge in [0, 0.05) is 18.8 Å². The minimum Gasteiger partial charge on any atom is -0.414 e. The van der Waals surface area contributed by atoms with Gasteiger partial charge in [0.25, 0.3) is 12.1 Å². The highest BCUT2D eigenvalue weighted by atomic mass is 35.5. The first-order valence-corrected chi connectivity index (χ1v) is 11.6.